The van der Waals surface area contributed by atoms with E-state index in [0.717, 1.165) is 18.6 Å². The van der Waals surface area contributed by atoms with E-state index in [4.69, 9.17) is 11.6 Å². The fourth-order valence-electron chi connectivity index (χ4n) is 1.71. The monoisotopic (exact) mass is 183 g/mol. The van der Waals surface area contributed by atoms with E-state index in [1.165, 1.54) is 0 Å². The van der Waals surface area contributed by atoms with E-state index in [-0.39, 0.29) is 11.4 Å². The van der Waals surface area contributed by atoms with Gasteiger partial charge in [-0.25, -0.2) is 0 Å². The third-order valence-electron chi connectivity index (χ3n) is 2.31. The topological polar surface area (TPSA) is 29.4 Å². The second kappa shape index (κ2) is 3.02. The molecule has 0 N–H and O–H groups in total. The van der Waals surface area contributed by atoms with Gasteiger partial charge in [0.1, 0.15) is 11.3 Å². The van der Waals surface area contributed by atoms with Crippen molar-refractivity contribution in [3.8, 4) is 0 Å². The molecule has 1 fully saturated rings. The molecule has 0 aromatic rings. The summed E-state index contributed by atoms with van der Waals surface area (Å²) in [6.07, 6.45) is 6.25. The predicted molar refractivity (Wildman–Crippen MR) is 48.6 cm³/mol. The van der Waals surface area contributed by atoms with Crippen LogP contribution in [-0.2, 0) is 4.79 Å². The van der Waals surface area contributed by atoms with Gasteiger partial charge in [-0.15, -0.1) is 0 Å². The highest BCUT2D eigenvalue weighted by Crippen LogP contribution is 2.24. The Balaban J connectivity index is 2.25. The molecule has 1 aliphatic carbocycles. The summed E-state index contributed by atoms with van der Waals surface area (Å²) in [4.78, 5) is 15.6. The van der Waals surface area contributed by atoms with Crippen LogP contribution in [0.2, 0.25) is 0 Å². The van der Waals surface area contributed by atoms with Crippen LogP contribution in [0.25, 0.3) is 0 Å². The van der Waals surface area contributed by atoms with Crippen LogP contribution < -0.4 is 0 Å². The van der Waals surface area contributed by atoms with Crippen LogP contribution in [0.3, 0.4) is 0 Å². The first kappa shape index (κ1) is 7.99. The van der Waals surface area contributed by atoms with Crippen molar-refractivity contribution in [1.82, 2.24) is 0 Å². The van der Waals surface area contributed by atoms with Gasteiger partial charge < -0.3 is 0 Å². The molecule has 0 aromatic heterocycles. The van der Waals surface area contributed by atoms with Crippen molar-refractivity contribution in [2.45, 2.75) is 24.8 Å². The lowest BCUT2D eigenvalue weighted by Gasteiger charge is -2.23. The molecule has 3 heteroatoms. The molecule has 12 heavy (non-hydrogen) atoms. The molecular weight excluding hydrogens is 174 g/mol. The van der Waals surface area contributed by atoms with Crippen molar-refractivity contribution < 1.29 is 4.79 Å². The van der Waals surface area contributed by atoms with Gasteiger partial charge in [-0.05, 0) is 18.9 Å². The van der Waals surface area contributed by atoms with Crippen LogP contribution in [-0.4, -0.2) is 17.0 Å². The van der Waals surface area contributed by atoms with Gasteiger partial charge in [-0.3, -0.25) is 9.79 Å². The molecule has 0 saturated heterocycles. The lowest BCUT2D eigenvalue weighted by atomic mass is 9.84. The second-order valence-corrected chi connectivity index (χ2v) is 3.62. The van der Waals surface area contributed by atoms with Crippen molar-refractivity contribution in [3.63, 3.8) is 0 Å². The Morgan fingerprint density at radius 2 is 2.25 bits per heavy atom. The van der Waals surface area contributed by atoms with E-state index in [9.17, 15) is 4.79 Å². The second-order valence-electron chi connectivity index (χ2n) is 3.18. The number of fused-ring (bicyclic) bond motifs is 1. The van der Waals surface area contributed by atoms with Crippen LogP contribution in [0.4, 0.5) is 0 Å². The molecule has 1 saturated carbocycles. The maximum absolute atomic E-state index is 11.4. The fraction of sp³-hybridized carbons (Fsp3) is 0.556. The average molecular weight is 184 g/mol. The Labute approximate surface area is 76.3 Å². The number of carbonyl (C=O) groups is 1. The van der Waals surface area contributed by atoms with Crippen molar-refractivity contribution in [2.24, 2.45) is 10.9 Å². The molecule has 2 aliphatic rings. The zero-order valence-electron chi connectivity index (χ0n) is 6.66. The number of rotatable bonds is 0. The van der Waals surface area contributed by atoms with Gasteiger partial charge in [-0.2, -0.15) is 0 Å². The Hall–Kier alpha value is -0.630. The zero-order valence-corrected chi connectivity index (χ0v) is 7.42. The zero-order chi connectivity index (χ0) is 8.55. The van der Waals surface area contributed by atoms with Crippen molar-refractivity contribution in [3.05, 3.63) is 12.2 Å². The van der Waals surface area contributed by atoms with Gasteiger partial charge in [0.2, 0.25) is 0 Å². The Morgan fingerprint density at radius 1 is 1.42 bits per heavy atom. The van der Waals surface area contributed by atoms with E-state index >= 15 is 0 Å². The maximum atomic E-state index is 11.4. The predicted octanol–water partition coefficient (Wildman–Crippen LogP) is 1.93. The summed E-state index contributed by atoms with van der Waals surface area (Å²) in [5.41, 5.74) is 0.732. The number of hydrogen-bond donors (Lipinski definition) is 0. The Bertz CT molecular complexity index is 270. The molecule has 1 aliphatic heterocycles. The quantitative estimate of drug-likeness (QED) is 0.321. The number of aliphatic imine (C=N–C) groups is 1. The van der Waals surface area contributed by atoms with Crippen LogP contribution in [0, 0.1) is 5.92 Å². The number of alkyl halides is 1. The molecule has 0 bridgehead atoms. The largest absolute Gasteiger partial charge is 0.299 e. The van der Waals surface area contributed by atoms with Crippen LogP contribution >= 0.6 is 11.6 Å². The summed E-state index contributed by atoms with van der Waals surface area (Å²) < 4.78 is 0. The standard InChI is InChI=1S/C9H10ClNO/c10-9-5-4-6-7(11-9)2-1-3-8(6)12/h4-6,9H,1-3H2. The summed E-state index contributed by atoms with van der Waals surface area (Å²) in [6, 6.07) is 0. The molecule has 0 radical (unpaired) electrons. The lowest BCUT2D eigenvalue weighted by molar-refractivity contribution is -0.120. The van der Waals surface area contributed by atoms with Crippen LogP contribution in [0.5, 0.6) is 0 Å². The number of hydrogen-bond acceptors (Lipinski definition) is 2. The number of dihydropyridines is 1. The van der Waals surface area contributed by atoms with E-state index in [0.29, 0.717) is 12.2 Å². The Kier molecular flexibility index (Phi) is 2.01. The number of Topliss-reactive ketones (excluding diaryl/α,β-unsaturated/α-hetero) is 1. The van der Waals surface area contributed by atoms with E-state index in [2.05, 4.69) is 4.99 Å². The molecule has 2 atom stereocenters. The molecule has 2 unspecified atom stereocenters. The molecule has 0 aromatic carbocycles. The first-order valence-corrected chi connectivity index (χ1v) is 4.63. The maximum Gasteiger partial charge on any atom is 0.145 e. The number of nitrogens with zero attached hydrogens (tertiary/aromatic N) is 1. The highest BCUT2D eigenvalue weighted by molar-refractivity contribution is 6.23. The van der Waals surface area contributed by atoms with Gasteiger partial charge >= 0.3 is 0 Å². The molecular formula is C9H10ClNO. The summed E-state index contributed by atoms with van der Waals surface area (Å²) >= 11 is 5.80. The van der Waals surface area contributed by atoms with Gasteiger partial charge in [0, 0.05) is 12.1 Å². The fourth-order valence-corrected chi connectivity index (χ4v) is 1.92. The molecule has 64 valence electrons. The number of carbonyl (C=O) groups excluding carboxylic acids is 1. The summed E-state index contributed by atoms with van der Waals surface area (Å²) in [5, 5.41) is 0. The van der Waals surface area contributed by atoms with Crippen LogP contribution in [0.1, 0.15) is 19.3 Å². The van der Waals surface area contributed by atoms with Crippen molar-refractivity contribution in [2.75, 3.05) is 0 Å². The molecule has 1 heterocycles. The van der Waals surface area contributed by atoms with Crippen molar-refractivity contribution in [1.29, 1.82) is 0 Å². The molecule has 2 nitrogen and oxygen atoms in total. The number of halogens is 1. The van der Waals surface area contributed by atoms with Gasteiger partial charge in [0.05, 0.1) is 5.92 Å². The minimum atomic E-state index is -0.248. The number of ketones is 1. The summed E-state index contributed by atoms with van der Waals surface area (Å²) in [7, 11) is 0. The molecule has 0 amide bonds. The summed E-state index contributed by atoms with van der Waals surface area (Å²) in [6.45, 7) is 0. The van der Waals surface area contributed by atoms with Crippen LogP contribution in [0.15, 0.2) is 17.1 Å². The molecule has 2 rings (SSSR count). The highest BCUT2D eigenvalue weighted by Gasteiger charge is 2.28. The van der Waals surface area contributed by atoms with E-state index in [1.807, 2.05) is 6.08 Å². The SMILES string of the molecule is O=C1CCCC2=NC(Cl)C=CC12. The normalized spacial score (nSPS) is 34.4. The van der Waals surface area contributed by atoms with E-state index in [1.54, 1.807) is 6.08 Å². The van der Waals surface area contributed by atoms with Crippen molar-refractivity contribution >= 4 is 23.1 Å². The first-order valence-electron chi connectivity index (χ1n) is 4.19. The molecule has 0 spiro atoms. The third-order valence-corrected chi connectivity index (χ3v) is 2.56. The Morgan fingerprint density at radius 3 is 3.08 bits per heavy atom. The highest BCUT2D eigenvalue weighted by atomic mass is 35.5. The van der Waals surface area contributed by atoms with Gasteiger partial charge in [0.15, 0.2) is 0 Å². The third kappa shape index (κ3) is 1.31. The first-order chi connectivity index (χ1) is 5.77. The van der Waals surface area contributed by atoms with Gasteiger partial charge in [-0.1, -0.05) is 17.7 Å². The smallest absolute Gasteiger partial charge is 0.145 e. The minimum absolute atomic E-state index is 0.0475. The van der Waals surface area contributed by atoms with E-state index < -0.39 is 0 Å². The number of allylic oxidation sites excluding steroid dienone is 1. The lowest BCUT2D eigenvalue weighted by Crippen LogP contribution is -2.29. The van der Waals surface area contributed by atoms with Gasteiger partial charge in [0.25, 0.3) is 0 Å². The average Bonchev–Trinajstić information content (AvgIpc) is 2.04. The minimum Gasteiger partial charge on any atom is -0.299 e. The summed E-state index contributed by atoms with van der Waals surface area (Å²) in [5.74, 6) is 0.244.